The Morgan fingerprint density at radius 1 is 1.16 bits per heavy atom. The lowest BCUT2D eigenvalue weighted by Gasteiger charge is -2.36. The van der Waals surface area contributed by atoms with Crippen LogP contribution in [0.1, 0.15) is 47.6 Å². The highest BCUT2D eigenvalue weighted by molar-refractivity contribution is 5.98. The number of rotatable bonds is 5. The smallest absolute Gasteiger partial charge is 0.433 e. The van der Waals surface area contributed by atoms with Gasteiger partial charge < -0.3 is 24.7 Å². The first-order valence-electron chi connectivity index (χ1n) is 12.0. The van der Waals surface area contributed by atoms with Gasteiger partial charge in [-0.05, 0) is 43.5 Å². The summed E-state index contributed by atoms with van der Waals surface area (Å²) in [5, 5.41) is 0.326. The number of nitrogens with zero attached hydrogens (tertiary/aromatic N) is 4. The van der Waals surface area contributed by atoms with Gasteiger partial charge in [0, 0.05) is 43.0 Å². The number of piperidine rings is 1. The van der Waals surface area contributed by atoms with Gasteiger partial charge >= 0.3 is 6.18 Å². The van der Waals surface area contributed by atoms with Crippen LogP contribution >= 0.6 is 0 Å². The summed E-state index contributed by atoms with van der Waals surface area (Å²) in [4.78, 5) is 37.2. The standard InChI is InChI=1S/C25H26F3N5O4/c1-36-17-6-4-16(15-5-7-19(25(26,27)28)30-21(15)17)23-31-22(18(13-29)37-23)24(35)32-11-8-14(9-12-32)33-10-2-3-20(33)34/h4-7,14H,2-3,8-13,29H2,1H3. The Morgan fingerprint density at radius 2 is 1.92 bits per heavy atom. The lowest BCUT2D eigenvalue weighted by atomic mass is 10.0. The summed E-state index contributed by atoms with van der Waals surface area (Å²) in [5.74, 6) is 0.221. The second-order valence-electron chi connectivity index (χ2n) is 9.11. The van der Waals surface area contributed by atoms with Crippen LogP contribution in [0, 0.1) is 0 Å². The van der Waals surface area contributed by atoms with E-state index >= 15 is 0 Å². The molecule has 37 heavy (non-hydrogen) atoms. The Labute approximate surface area is 210 Å². The lowest BCUT2D eigenvalue weighted by molar-refractivity contribution is -0.141. The number of aromatic nitrogens is 2. The molecule has 0 unspecified atom stereocenters. The number of carbonyl (C=O) groups is 2. The molecule has 2 aliphatic rings. The fraction of sp³-hybridized carbons (Fsp3) is 0.440. The zero-order chi connectivity index (χ0) is 26.3. The predicted octanol–water partition coefficient (Wildman–Crippen LogP) is 3.60. The summed E-state index contributed by atoms with van der Waals surface area (Å²) in [7, 11) is 1.34. The third-order valence-corrected chi connectivity index (χ3v) is 6.95. The number of fused-ring (bicyclic) bond motifs is 1. The molecule has 0 spiro atoms. The minimum absolute atomic E-state index is 0.00580. The topological polar surface area (TPSA) is 115 Å². The predicted molar refractivity (Wildman–Crippen MR) is 127 cm³/mol. The Balaban J connectivity index is 1.44. The van der Waals surface area contributed by atoms with Crippen LogP contribution in [0.3, 0.4) is 0 Å². The summed E-state index contributed by atoms with van der Waals surface area (Å²) in [6, 6.07) is 5.35. The van der Waals surface area contributed by atoms with Gasteiger partial charge in [-0.25, -0.2) is 9.97 Å². The molecule has 12 heteroatoms. The molecule has 0 atom stereocenters. The van der Waals surface area contributed by atoms with Gasteiger partial charge in [0.05, 0.1) is 13.7 Å². The molecular formula is C25H26F3N5O4. The zero-order valence-electron chi connectivity index (χ0n) is 20.2. The van der Waals surface area contributed by atoms with Gasteiger partial charge in [-0.3, -0.25) is 9.59 Å². The largest absolute Gasteiger partial charge is 0.494 e. The van der Waals surface area contributed by atoms with E-state index in [-0.39, 0.29) is 53.0 Å². The van der Waals surface area contributed by atoms with Crippen molar-refractivity contribution in [1.29, 1.82) is 0 Å². The molecule has 2 aliphatic heterocycles. The molecule has 2 amide bonds. The van der Waals surface area contributed by atoms with Crippen molar-refractivity contribution < 1.29 is 31.9 Å². The van der Waals surface area contributed by atoms with Crippen molar-refractivity contribution in [3.8, 4) is 17.2 Å². The summed E-state index contributed by atoms with van der Waals surface area (Å²) >= 11 is 0. The van der Waals surface area contributed by atoms with E-state index in [2.05, 4.69) is 9.97 Å². The molecule has 3 aromatic rings. The van der Waals surface area contributed by atoms with Gasteiger partial charge in [0.15, 0.2) is 11.5 Å². The molecule has 2 aromatic heterocycles. The van der Waals surface area contributed by atoms with Crippen molar-refractivity contribution in [3.05, 3.63) is 41.4 Å². The van der Waals surface area contributed by atoms with E-state index in [0.29, 0.717) is 43.3 Å². The second-order valence-corrected chi connectivity index (χ2v) is 9.11. The zero-order valence-corrected chi connectivity index (χ0v) is 20.2. The monoisotopic (exact) mass is 517 g/mol. The molecule has 4 heterocycles. The van der Waals surface area contributed by atoms with Gasteiger partial charge in [0.25, 0.3) is 5.91 Å². The minimum Gasteiger partial charge on any atom is -0.494 e. The number of halogens is 3. The molecule has 0 saturated carbocycles. The highest BCUT2D eigenvalue weighted by atomic mass is 19.4. The first kappa shape index (κ1) is 25.0. The van der Waals surface area contributed by atoms with Crippen LogP contribution in [0.2, 0.25) is 0 Å². The number of nitrogens with two attached hydrogens (primary N) is 1. The van der Waals surface area contributed by atoms with E-state index < -0.39 is 11.9 Å². The fourth-order valence-corrected chi connectivity index (χ4v) is 5.06. The van der Waals surface area contributed by atoms with E-state index in [4.69, 9.17) is 14.9 Å². The van der Waals surface area contributed by atoms with Crippen molar-refractivity contribution in [1.82, 2.24) is 19.8 Å². The molecular weight excluding hydrogens is 491 g/mol. The van der Waals surface area contributed by atoms with Crippen molar-refractivity contribution >= 4 is 22.7 Å². The maximum absolute atomic E-state index is 13.3. The first-order chi connectivity index (χ1) is 17.7. The number of carbonyl (C=O) groups excluding carboxylic acids is 2. The summed E-state index contributed by atoms with van der Waals surface area (Å²) in [6.07, 6.45) is -1.83. The van der Waals surface area contributed by atoms with Gasteiger partial charge in [-0.1, -0.05) is 0 Å². The number of amides is 2. The highest BCUT2D eigenvalue weighted by Gasteiger charge is 2.35. The van der Waals surface area contributed by atoms with Gasteiger partial charge in [-0.2, -0.15) is 13.2 Å². The van der Waals surface area contributed by atoms with Crippen molar-refractivity contribution in [2.45, 2.75) is 44.4 Å². The second kappa shape index (κ2) is 9.66. The molecule has 9 nitrogen and oxygen atoms in total. The number of oxazole rings is 1. The van der Waals surface area contributed by atoms with Crippen LogP contribution in [-0.4, -0.2) is 64.4 Å². The average Bonchev–Trinajstić information content (AvgIpc) is 3.53. The van der Waals surface area contributed by atoms with E-state index in [1.165, 1.54) is 19.2 Å². The number of pyridine rings is 1. The van der Waals surface area contributed by atoms with Crippen LogP contribution in [0.15, 0.2) is 28.7 Å². The maximum Gasteiger partial charge on any atom is 0.433 e. The molecule has 2 N–H and O–H groups in total. The van der Waals surface area contributed by atoms with Crippen LogP contribution in [0.5, 0.6) is 5.75 Å². The molecule has 0 aliphatic carbocycles. The Bertz CT molecular complexity index is 1350. The van der Waals surface area contributed by atoms with Crippen LogP contribution in [-0.2, 0) is 17.5 Å². The molecule has 0 radical (unpaired) electrons. The van der Waals surface area contributed by atoms with Crippen molar-refractivity contribution in [2.24, 2.45) is 5.73 Å². The van der Waals surface area contributed by atoms with E-state index in [9.17, 15) is 22.8 Å². The lowest BCUT2D eigenvalue weighted by Crippen LogP contribution is -2.47. The Morgan fingerprint density at radius 3 is 2.54 bits per heavy atom. The third-order valence-electron chi connectivity index (χ3n) is 6.95. The van der Waals surface area contributed by atoms with E-state index in [1.54, 1.807) is 11.0 Å². The average molecular weight is 518 g/mol. The molecule has 2 saturated heterocycles. The van der Waals surface area contributed by atoms with Gasteiger partial charge in [0.2, 0.25) is 11.8 Å². The highest BCUT2D eigenvalue weighted by Crippen LogP contribution is 2.37. The summed E-state index contributed by atoms with van der Waals surface area (Å²) < 4.78 is 50.8. The summed E-state index contributed by atoms with van der Waals surface area (Å²) in [5.41, 5.74) is 5.21. The van der Waals surface area contributed by atoms with Crippen LogP contribution in [0.25, 0.3) is 22.4 Å². The van der Waals surface area contributed by atoms with E-state index in [0.717, 1.165) is 19.0 Å². The Hall–Kier alpha value is -3.67. The van der Waals surface area contributed by atoms with Crippen molar-refractivity contribution in [2.75, 3.05) is 26.7 Å². The van der Waals surface area contributed by atoms with Gasteiger partial charge in [-0.15, -0.1) is 0 Å². The normalized spacial score (nSPS) is 17.2. The van der Waals surface area contributed by atoms with Crippen LogP contribution < -0.4 is 10.5 Å². The molecule has 1 aromatic carbocycles. The first-order valence-corrected chi connectivity index (χ1v) is 12.0. The van der Waals surface area contributed by atoms with E-state index in [1.807, 2.05) is 4.90 Å². The number of likely N-dealkylation sites (tertiary alicyclic amines) is 2. The molecule has 2 fully saturated rings. The molecule has 5 rings (SSSR count). The number of alkyl halides is 3. The maximum atomic E-state index is 13.3. The van der Waals surface area contributed by atoms with Crippen molar-refractivity contribution in [3.63, 3.8) is 0 Å². The van der Waals surface area contributed by atoms with Gasteiger partial charge in [0.1, 0.15) is 17.0 Å². The SMILES string of the molecule is COc1ccc(-c2nc(C(=O)N3CCC(N4CCCC4=O)CC3)c(CN)o2)c2ccc(C(F)(F)F)nc12. The number of hydrogen-bond acceptors (Lipinski definition) is 7. The fourth-order valence-electron chi connectivity index (χ4n) is 5.06. The summed E-state index contributed by atoms with van der Waals surface area (Å²) in [6.45, 7) is 1.61. The number of methoxy groups -OCH3 is 1. The Kier molecular flexibility index (Phi) is 6.52. The van der Waals surface area contributed by atoms with Crippen LogP contribution in [0.4, 0.5) is 13.2 Å². The molecule has 196 valence electrons. The number of ether oxygens (including phenoxy) is 1. The molecule has 0 bridgehead atoms. The quantitative estimate of drug-likeness (QED) is 0.550. The number of hydrogen-bond donors (Lipinski definition) is 1. The number of benzene rings is 1. The minimum atomic E-state index is -4.63. The third kappa shape index (κ3) is 4.61.